The van der Waals surface area contributed by atoms with Gasteiger partial charge in [0.2, 0.25) is 0 Å². The Bertz CT molecular complexity index is 322. The lowest BCUT2D eigenvalue weighted by atomic mass is 9.94. The Morgan fingerprint density at radius 2 is 2.21 bits per heavy atom. The lowest BCUT2D eigenvalue weighted by Gasteiger charge is -2.11. The van der Waals surface area contributed by atoms with Gasteiger partial charge in [-0.3, -0.25) is 0 Å². The summed E-state index contributed by atoms with van der Waals surface area (Å²) in [4.78, 5) is 0. The van der Waals surface area contributed by atoms with Crippen molar-refractivity contribution in [3.8, 4) is 0 Å². The summed E-state index contributed by atoms with van der Waals surface area (Å²) in [5.74, 6) is 0. The average Bonchev–Trinajstić information content (AvgIpc) is 2.18. The van der Waals surface area contributed by atoms with Crippen LogP contribution < -0.4 is 0 Å². The maximum atomic E-state index is 4.08. The first kappa shape index (κ1) is 10.8. The molecule has 0 radical (unpaired) electrons. The third kappa shape index (κ3) is 2.59. The van der Waals surface area contributed by atoms with Gasteiger partial charge in [0, 0.05) is 0 Å². The molecule has 1 rings (SSSR count). The van der Waals surface area contributed by atoms with Gasteiger partial charge in [-0.25, -0.2) is 0 Å². The van der Waals surface area contributed by atoms with Crippen LogP contribution in [0.25, 0.3) is 0 Å². The van der Waals surface area contributed by atoms with Crippen LogP contribution in [0.4, 0.5) is 0 Å². The van der Waals surface area contributed by atoms with Crippen LogP contribution in [0.15, 0.2) is 59.8 Å². The van der Waals surface area contributed by atoms with Crippen LogP contribution in [0.2, 0.25) is 0 Å². The number of allylic oxidation sites excluding steroid dienone is 9. The van der Waals surface area contributed by atoms with Gasteiger partial charge in [0.25, 0.3) is 0 Å². The minimum atomic E-state index is 1.04. The van der Waals surface area contributed by atoms with Crippen molar-refractivity contribution in [3.63, 3.8) is 0 Å². The highest BCUT2D eigenvalue weighted by Gasteiger charge is 2.04. The van der Waals surface area contributed by atoms with Crippen LogP contribution in [-0.2, 0) is 0 Å². The van der Waals surface area contributed by atoms with E-state index in [4.69, 9.17) is 0 Å². The van der Waals surface area contributed by atoms with Gasteiger partial charge in [-0.05, 0) is 30.9 Å². The van der Waals surface area contributed by atoms with E-state index in [0.29, 0.717) is 0 Å². The summed E-state index contributed by atoms with van der Waals surface area (Å²) in [6.07, 6.45) is 14.8. The Labute approximate surface area is 87.0 Å². The molecule has 0 amide bonds. The zero-order valence-corrected chi connectivity index (χ0v) is 9.09. The number of rotatable bonds is 2. The van der Waals surface area contributed by atoms with Gasteiger partial charge in [-0.2, -0.15) is 0 Å². The molecule has 0 N–H and O–H groups in total. The second-order valence-electron chi connectivity index (χ2n) is 3.39. The van der Waals surface area contributed by atoms with E-state index in [1.165, 1.54) is 11.1 Å². The van der Waals surface area contributed by atoms with Crippen LogP contribution in [0.5, 0.6) is 0 Å². The second kappa shape index (κ2) is 5.43. The van der Waals surface area contributed by atoms with Gasteiger partial charge in [0.1, 0.15) is 0 Å². The largest absolute Gasteiger partial charge is 0.0912 e. The van der Waals surface area contributed by atoms with Crippen LogP contribution in [0, 0.1) is 0 Å². The minimum absolute atomic E-state index is 1.04. The predicted molar refractivity (Wildman–Crippen MR) is 64.2 cm³/mol. The fourth-order valence-electron chi connectivity index (χ4n) is 1.61. The first-order chi connectivity index (χ1) is 6.79. The highest BCUT2D eigenvalue weighted by Crippen LogP contribution is 2.23. The summed E-state index contributed by atoms with van der Waals surface area (Å²) in [6.45, 7) is 8.33. The van der Waals surface area contributed by atoms with Crippen LogP contribution in [0.3, 0.4) is 0 Å². The van der Waals surface area contributed by atoms with Crippen LogP contribution in [0.1, 0.15) is 26.7 Å². The topological polar surface area (TPSA) is 0 Å². The molecular formula is C14H18. The molecular weight excluding hydrogens is 168 g/mol. The van der Waals surface area contributed by atoms with Gasteiger partial charge >= 0.3 is 0 Å². The van der Waals surface area contributed by atoms with Crippen LogP contribution in [-0.4, -0.2) is 0 Å². The smallest absolute Gasteiger partial charge is 0.0127 e. The van der Waals surface area contributed by atoms with E-state index in [1.807, 2.05) is 6.92 Å². The molecule has 74 valence electrons. The number of hydrogen-bond donors (Lipinski definition) is 0. The normalized spacial score (nSPS) is 27.4. The lowest BCUT2D eigenvalue weighted by Crippen LogP contribution is -1.92. The van der Waals surface area contributed by atoms with Gasteiger partial charge in [-0.15, -0.1) is 0 Å². The molecule has 0 atom stereocenters. The molecule has 0 saturated heterocycles. The van der Waals surface area contributed by atoms with E-state index in [0.717, 1.165) is 18.4 Å². The quantitative estimate of drug-likeness (QED) is 0.601. The Morgan fingerprint density at radius 1 is 1.43 bits per heavy atom. The van der Waals surface area contributed by atoms with Crippen molar-refractivity contribution >= 4 is 0 Å². The Kier molecular flexibility index (Phi) is 4.18. The van der Waals surface area contributed by atoms with Crippen molar-refractivity contribution in [1.29, 1.82) is 0 Å². The SMILES string of the molecule is C=C1/C=C\C=C/C/C(CC)=C1/C=C\C. The van der Waals surface area contributed by atoms with Gasteiger partial charge in [0.15, 0.2) is 0 Å². The molecule has 0 fully saturated rings. The third-order valence-electron chi connectivity index (χ3n) is 2.40. The zero-order valence-electron chi connectivity index (χ0n) is 9.09. The van der Waals surface area contributed by atoms with E-state index >= 15 is 0 Å². The molecule has 0 aromatic heterocycles. The molecule has 0 aromatic carbocycles. The van der Waals surface area contributed by atoms with E-state index in [-0.39, 0.29) is 0 Å². The van der Waals surface area contributed by atoms with Gasteiger partial charge in [-0.1, -0.05) is 55.5 Å². The number of hydrogen-bond acceptors (Lipinski definition) is 0. The average molecular weight is 186 g/mol. The molecule has 0 aromatic rings. The Hall–Kier alpha value is -1.30. The molecule has 0 unspecified atom stereocenters. The Morgan fingerprint density at radius 3 is 2.86 bits per heavy atom. The third-order valence-corrected chi connectivity index (χ3v) is 2.40. The summed E-state index contributed by atoms with van der Waals surface area (Å²) in [5.41, 5.74) is 3.88. The van der Waals surface area contributed by atoms with Gasteiger partial charge < -0.3 is 0 Å². The van der Waals surface area contributed by atoms with Crippen molar-refractivity contribution in [2.45, 2.75) is 26.7 Å². The second-order valence-corrected chi connectivity index (χ2v) is 3.39. The standard InChI is InChI=1S/C14H18/c1-4-9-14-12(3)10-7-6-8-11-13(14)5-2/h4,6-10H,3,5,11H2,1-2H3/b8-6-,9-4-,10-7-,14-13-. The fraction of sp³-hybridized carbons (Fsp3) is 0.286. The lowest BCUT2D eigenvalue weighted by molar-refractivity contribution is 1.01. The van der Waals surface area contributed by atoms with E-state index in [2.05, 4.69) is 50.0 Å². The molecule has 0 bridgehead atoms. The van der Waals surface area contributed by atoms with E-state index < -0.39 is 0 Å². The van der Waals surface area contributed by atoms with Gasteiger partial charge in [0.05, 0.1) is 0 Å². The minimum Gasteiger partial charge on any atom is -0.0912 e. The summed E-state index contributed by atoms with van der Waals surface area (Å²) in [7, 11) is 0. The molecule has 0 heteroatoms. The predicted octanol–water partition coefficient (Wildman–Crippen LogP) is 4.34. The summed E-state index contributed by atoms with van der Waals surface area (Å²) >= 11 is 0. The molecule has 1 aliphatic rings. The van der Waals surface area contributed by atoms with Crippen LogP contribution >= 0.6 is 0 Å². The monoisotopic (exact) mass is 186 g/mol. The van der Waals surface area contributed by atoms with Crippen molar-refractivity contribution in [2.24, 2.45) is 0 Å². The maximum absolute atomic E-state index is 4.08. The zero-order chi connectivity index (χ0) is 10.4. The van der Waals surface area contributed by atoms with E-state index in [1.54, 1.807) is 0 Å². The molecule has 0 nitrogen and oxygen atoms in total. The molecule has 0 spiro atoms. The molecule has 1 aliphatic carbocycles. The van der Waals surface area contributed by atoms with Crippen molar-refractivity contribution in [2.75, 3.05) is 0 Å². The summed E-state index contributed by atoms with van der Waals surface area (Å²) < 4.78 is 0. The first-order valence-corrected chi connectivity index (χ1v) is 5.16. The van der Waals surface area contributed by atoms with Crippen molar-refractivity contribution < 1.29 is 0 Å². The highest BCUT2D eigenvalue weighted by molar-refractivity contribution is 5.49. The molecule has 14 heavy (non-hydrogen) atoms. The fourth-order valence-corrected chi connectivity index (χ4v) is 1.61. The highest BCUT2D eigenvalue weighted by atomic mass is 14.1. The summed E-state index contributed by atoms with van der Waals surface area (Å²) in [5, 5.41) is 0. The maximum Gasteiger partial charge on any atom is -0.0127 e. The first-order valence-electron chi connectivity index (χ1n) is 5.16. The van der Waals surface area contributed by atoms with Crippen molar-refractivity contribution in [1.82, 2.24) is 0 Å². The summed E-state index contributed by atoms with van der Waals surface area (Å²) in [6, 6.07) is 0. The van der Waals surface area contributed by atoms with E-state index in [9.17, 15) is 0 Å². The Balaban J connectivity index is 3.13. The molecule has 0 heterocycles. The van der Waals surface area contributed by atoms with Crippen molar-refractivity contribution in [3.05, 3.63) is 59.8 Å². The molecule has 0 saturated carbocycles. The molecule has 0 aliphatic heterocycles.